The van der Waals surface area contributed by atoms with Gasteiger partial charge in [0, 0.05) is 24.7 Å². The van der Waals surface area contributed by atoms with Gasteiger partial charge in [-0.15, -0.1) is 12.4 Å². The smallest absolute Gasteiger partial charge is 0.251 e. The van der Waals surface area contributed by atoms with Crippen LogP contribution >= 0.6 is 12.4 Å². The maximum Gasteiger partial charge on any atom is 0.251 e. The predicted molar refractivity (Wildman–Crippen MR) is 105 cm³/mol. The second-order valence-electron chi connectivity index (χ2n) is 6.82. The van der Waals surface area contributed by atoms with Crippen LogP contribution in [-0.4, -0.2) is 48.5 Å². The van der Waals surface area contributed by atoms with Crippen LogP contribution in [0.5, 0.6) is 5.75 Å². The Balaban J connectivity index is 0.00000338. The molecule has 2 rings (SSSR count). The largest absolute Gasteiger partial charge is 0.494 e. The Labute approximate surface area is 161 Å². The molecule has 146 valence electrons. The number of nitrogens with zero attached hydrogens (tertiary/aromatic N) is 1. The Morgan fingerprint density at radius 1 is 1.23 bits per heavy atom. The number of nitrogens with one attached hydrogen (secondary N) is 1. The van der Waals surface area contributed by atoms with Crippen molar-refractivity contribution in [3.63, 3.8) is 0 Å². The summed E-state index contributed by atoms with van der Waals surface area (Å²) in [5.41, 5.74) is 6.42. The van der Waals surface area contributed by atoms with Crippen LogP contribution < -0.4 is 15.8 Å². The Bertz CT molecular complexity index is 584. The van der Waals surface area contributed by atoms with Gasteiger partial charge in [-0.1, -0.05) is 13.8 Å². The highest BCUT2D eigenvalue weighted by Gasteiger charge is 2.30. The molecule has 1 aromatic rings. The molecule has 1 unspecified atom stereocenters. The van der Waals surface area contributed by atoms with Crippen molar-refractivity contribution in [1.29, 1.82) is 0 Å². The number of ether oxygens (including phenoxy) is 1. The third kappa shape index (κ3) is 5.88. The van der Waals surface area contributed by atoms with E-state index in [0.717, 1.165) is 18.6 Å². The maximum absolute atomic E-state index is 12.8. The lowest BCUT2D eigenvalue weighted by molar-refractivity contribution is -0.135. The van der Waals surface area contributed by atoms with Gasteiger partial charge in [0.25, 0.3) is 5.91 Å². The first-order valence-electron chi connectivity index (χ1n) is 9.00. The summed E-state index contributed by atoms with van der Waals surface area (Å²) < 4.78 is 5.38. The Morgan fingerprint density at radius 3 is 2.31 bits per heavy atom. The average molecular weight is 384 g/mol. The molecule has 0 saturated carbocycles. The maximum atomic E-state index is 12.8. The van der Waals surface area contributed by atoms with Gasteiger partial charge in [-0.2, -0.15) is 0 Å². The highest BCUT2D eigenvalue weighted by molar-refractivity contribution is 5.97. The number of nitrogens with two attached hydrogens (primary N) is 1. The van der Waals surface area contributed by atoms with Gasteiger partial charge in [-0.3, -0.25) is 9.59 Å². The van der Waals surface area contributed by atoms with E-state index in [1.165, 1.54) is 0 Å². The van der Waals surface area contributed by atoms with Crippen LogP contribution in [0.15, 0.2) is 24.3 Å². The lowest BCUT2D eigenvalue weighted by atomic mass is 9.99. The second kappa shape index (κ2) is 10.4. The van der Waals surface area contributed by atoms with Gasteiger partial charge in [0.2, 0.25) is 5.91 Å². The number of amides is 2. The molecule has 0 aromatic heterocycles. The Kier molecular flexibility index (Phi) is 8.88. The third-order valence-corrected chi connectivity index (χ3v) is 4.50. The molecule has 1 atom stereocenters. The second-order valence-corrected chi connectivity index (χ2v) is 6.82. The standard InChI is InChI=1S/C19H29N3O3.ClH/c1-4-25-16-7-5-14(6-8-16)18(23)21-17(13(2)3)19(24)22-11-9-15(20)10-12-22;/h5-8,13,15,17H,4,9-12,20H2,1-3H3,(H,21,23);1H. The van der Waals surface area contributed by atoms with Gasteiger partial charge in [0.1, 0.15) is 11.8 Å². The van der Waals surface area contributed by atoms with E-state index in [1.807, 2.05) is 25.7 Å². The van der Waals surface area contributed by atoms with Crippen LogP contribution in [0, 0.1) is 5.92 Å². The molecule has 0 spiro atoms. The highest BCUT2D eigenvalue weighted by Crippen LogP contribution is 2.15. The highest BCUT2D eigenvalue weighted by atomic mass is 35.5. The zero-order valence-corrected chi connectivity index (χ0v) is 16.6. The van der Waals surface area contributed by atoms with Gasteiger partial charge in [-0.25, -0.2) is 0 Å². The number of hydrogen-bond donors (Lipinski definition) is 2. The van der Waals surface area contributed by atoms with E-state index in [4.69, 9.17) is 10.5 Å². The molecule has 0 radical (unpaired) electrons. The molecule has 2 amide bonds. The van der Waals surface area contributed by atoms with Crippen molar-refractivity contribution in [3.05, 3.63) is 29.8 Å². The first kappa shape index (κ1) is 22.3. The number of benzene rings is 1. The van der Waals surface area contributed by atoms with E-state index in [2.05, 4.69) is 5.32 Å². The number of carbonyl (C=O) groups excluding carboxylic acids is 2. The van der Waals surface area contributed by atoms with Gasteiger partial charge >= 0.3 is 0 Å². The minimum atomic E-state index is -0.534. The number of piperidine rings is 1. The van der Waals surface area contributed by atoms with Crippen molar-refractivity contribution in [2.45, 2.75) is 45.7 Å². The van der Waals surface area contributed by atoms with Gasteiger partial charge in [0.05, 0.1) is 6.61 Å². The lowest BCUT2D eigenvalue weighted by Crippen LogP contribution is -2.54. The van der Waals surface area contributed by atoms with Crippen molar-refractivity contribution >= 4 is 24.2 Å². The van der Waals surface area contributed by atoms with Gasteiger partial charge in [-0.05, 0) is 49.9 Å². The van der Waals surface area contributed by atoms with Gasteiger partial charge in [0.15, 0.2) is 0 Å². The molecule has 7 heteroatoms. The molecule has 1 heterocycles. The summed E-state index contributed by atoms with van der Waals surface area (Å²) in [5.74, 6) is 0.458. The minimum absolute atomic E-state index is 0. The molecule has 6 nitrogen and oxygen atoms in total. The van der Waals surface area contributed by atoms with Crippen molar-refractivity contribution < 1.29 is 14.3 Å². The number of rotatable bonds is 6. The fourth-order valence-corrected chi connectivity index (χ4v) is 2.92. The predicted octanol–water partition coefficient (Wildman–Crippen LogP) is 2.21. The molecule has 0 bridgehead atoms. The van der Waals surface area contributed by atoms with Crippen LogP contribution in [0.1, 0.15) is 44.0 Å². The lowest BCUT2D eigenvalue weighted by Gasteiger charge is -2.34. The average Bonchev–Trinajstić information content (AvgIpc) is 2.60. The Morgan fingerprint density at radius 2 is 1.81 bits per heavy atom. The van der Waals surface area contributed by atoms with Crippen molar-refractivity contribution in [3.8, 4) is 5.75 Å². The first-order chi connectivity index (χ1) is 11.9. The van der Waals surface area contributed by atoms with Crippen molar-refractivity contribution in [2.24, 2.45) is 11.7 Å². The van der Waals surface area contributed by atoms with E-state index in [1.54, 1.807) is 24.3 Å². The Hall–Kier alpha value is -1.79. The molecular weight excluding hydrogens is 354 g/mol. The fourth-order valence-electron chi connectivity index (χ4n) is 2.92. The first-order valence-corrected chi connectivity index (χ1v) is 9.00. The topological polar surface area (TPSA) is 84.7 Å². The van der Waals surface area contributed by atoms with E-state index in [9.17, 15) is 9.59 Å². The summed E-state index contributed by atoms with van der Waals surface area (Å²) in [6, 6.07) is 6.57. The van der Waals surface area contributed by atoms with E-state index in [0.29, 0.717) is 25.3 Å². The van der Waals surface area contributed by atoms with Crippen LogP contribution in [0.3, 0.4) is 0 Å². The molecule has 1 fully saturated rings. The normalized spacial score (nSPS) is 16.0. The fraction of sp³-hybridized carbons (Fsp3) is 0.579. The van der Waals surface area contributed by atoms with Crippen LogP contribution in [0.4, 0.5) is 0 Å². The van der Waals surface area contributed by atoms with E-state index >= 15 is 0 Å². The van der Waals surface area contributed by atoms with E-state index < -0.39 is 6.04 Å². The number of likely N-dealkylation sites (tertiary alicyclic amines) is 1. The minimum Gasteiger partial charge on any atom is -0.494 e. The number of carbonyl (C=O) groups is 2. The van der Waals surface area contributed by atoms with Crippen molar-refractivity contribution in [1.82, 2.24) is 10.2 Å². The monoisotopic (exact) mass is 383 g/mol. The third-order valence-electron chi connectivity index (χ3n) is 4.50. The molecular formula is C19H30ClN3O3. The van der Waals surface area contributed by atoms with Crippen molar-refractivity contribution in [2.75, 3.05) is 19.7 Å². The molecule has 1 aliphatic rings. The molecule has 0 aliphatic carbocycles. The van der Waals surface area contributed by atoms with E-state index in [-0.39, 0.29) is 36.2 Å². The molecule has 1 saturated heterocycles. The molecule has 3 N–H and O–H groups in total. The SMILES string of the molecule is CCOc1ccc(C(=O)NC(C(=O)N2CCC(N)CC2)C(C)C)cc1.Cl. The zero-order chi connectivity index (χ0) is 18.4. The molecule has 1 aromatic carbocycles. The summed E-state index contributed by atoms with van der Waals surface area (Å²) in [4.78, 5) is 27.1. The summed E-state index contributed by atoms with van der Waals surface area (Å²) in [7, 11) is 0. The van der Waals surface area contributed by atoms with Crippen LogP contribution in [0.25, 0.3) is 0 Å². The van der Waals surface area contributed by atoms with Crippen LogP contribution in [-0.2, 0) is 4.79 Å². The number of hydrogen-bond acceptors (Lipinski definition) is 4. The zero-order valence-electron chi connectivity index (χ0n) is 15.7. The molecule has 26 heavy (non-hydrogen) atoms. The number of halogens is 1. The van der Waals surface area contributed by atoms with Crippen LogP contribution in [0.2, 0.25) is 0 Å². The summed E-state index contributed by atoms with van der Waals surface area (Å²) in [6.45, 7) is 7.68. The summed E-state index contributed by atoms with van der Waals surface area (Å²) >= 11 is 0. The molecule has 1 aliphatic heterocycles. The quantitative estimate of drug-likeness (QED) is 0.788. The summed E-state index contributed by atoms with van der Waals surface area (Å²) in [5, 5.41) is 2.89. The van der Waals surface area contributed by atoms with Gasteiger partial charge < -0.3 is 20.7 Å². The summed E-state index contributed by atoms with van der Waals surface area (Å²) in [6.07, 6.45) is 1.62.